The first-order valence-electron chi connectivity index (χ1n) is 6.45. The van der Waals surface area contributed by atoms with Crippen LogP contribution in [0, 0.1) is 13.8 Å². The van der Waals surface area contributed by atoms with E-state index in [-0.39, 0.29) is 0 Å². The lowest BCUT2D eigenvalue weighted by molar-refractivity contribution is 0.249. The molecule has 0 spiro atoms. The van der Waals surface area contributed by atoms with Crippen LogP contribution < -0.4 is 15.9 Å². The minimum absolute atomic E-state index is 0.685. The molecule has 0 atom stereocenters. The zero-order chi connectivity index (χ0) is 15.4. The highest BCUT2D eigenvalue weighted by Crippen LogP contribution is 2.21. The van der Waals surface area contributed by atoms with Crippen LogP contribution in [-0.4, -0.2) is 23.9 Å². The zero-order valence-corrected chi connectivity index (χ0v) is 12.3. The maximum atomic E-state index is 10.6. The van der Waals surface area contributed by atoms with Crippen LogP contribution in [0.5, 0.6) is 5.75 Å². The topological polar surface area (TPSA) is 81.6 Å². The van der Waals surface area contributed by atoms with Gasteiger partial charge in [0.1, 0.15) is 5.75 Å². The number of hydrazone groups is 1. The molecule has 3 N–H and O–H groups in total. The first-order valence-corrected chi connectivity index (χ1v) is 6.45. The highest BCUT2D eigenvalue weighted by molar-refractivity contribution is 5.83. The lowest BCUT2D eigenvalue weighted by Crippen LogP contribution is -2.24. The van der Waals surface area contributed by atoms with Crippen LogP contribution in [-0.2, 0) is 0 Å². The largest absolute Gasteiger partial charge is 0.497 e. The van der Waals surface area contributed by atoms with E-state index in [9.17, 15) is 4.79 Å². The molecule has 0 radical (unpaired) electrons. The van der Waals surface area contributed by atoms with Gasteiger partial charge in [0.05, 0.1) is 13.3 Å². The summed E-state index contributed by atoms with van der Waals surface area (Å²) in [6.07, 6.45) is 1.58. The number of nitrogens with zero attached hydrogens (tertiary/aromatic N) is 2. The molecule has 0 saturated carbocycles. The Labute approximate surface area is 123 Å². The van der Waals surface area contributed by atoms with E-state index in [1.54, 1.807) is 13.3 Å². The van der Waals surface area contributed by atoms with Gasteiger partial charge >= 0.3 is 6.03 Å². The Balaban J connectivity index is 2.34. The fraction of sp³-hybridized carbons (Fsp3) is 0.200. The number of urea groups is 1. The van der Waals surface area contributed by atoms with E-state index in [2.05, 4.69) is 15.1 Å². The number of amides is 2. The third kappa shape index (κ3) is 3.22. The average Bonchev–Trinajstić information content (AvgIpc) is 2.73. The predicted molar refractivity (Wildman–Crippen MR) is 82.1 cm³/mol. The molecule has 110 valence electrons. The zero-order valence-electron chi connectivity index (χ0n) is 12.3. The second-order valence-corrected chi connectivity index (χ2v) is 4.59. The smallest absolute Gasteiger partial charge is 0.332 e. The van der Waals surface area contributed by atoms with Crippen molar-refractivity contribution in [3.8, 4) is 11.4 Å². The molecule has 21 heavy (non-hydrogen) atoms. The molecular formula is C15H18N4O2. The van der Waals surface area contributed by atoms with Gasteiger partial charge in [-0.15, -0.1) is 0 Å². The molecule has 0 aliphatic carbocycles. The van der Waals surface area contributed by atoms with Crippen LogP contribution in [0.2, 0.25) is 0 Å². The quantitative estimate of drug-likeness (QED) is 0.666. The van der Waals surface area contributed by atoms with E-state index in [1.807, 2.05) is 44.2 Å². The molecular weight excluding hydrogens is 268 g/mol. The number of carbonyl (C=O) groups excluding carboxylic acids is 1. The number of aromatic nitrogens is 1. The number of rotatable bonds is 4. The number of ether oxygens (including phenoxy) is 1. The average molecular weight is 286 g/mol. The van der Waals surface area contributed by atoms with Gasteiger partial charge in [-0.25, -0.2) is 10.2 Å². The SMILES string of the molecule is COc1ccc(-n2c(C)cc(/C=N\NC(N)=O)c2C)cc1. The molecule has 1 aromatic heterocycles. The highest BCUT2D eigenvalue weighted by Gasteiger charge is 2.09. The summed E-state index contributed by atoms with van der Waals surface area (Å²) in [5.41, 5.74) is 11.2. The number of aryl methyl sites for hydroxylation is 1. The molecule has 2 rings (SSSR count). The molecule has 0 aliphatic rings. The van der Waals surface area contributed by atoms with Gasteiger partial charge in [-0.2, -0.15) is 5.10 Å². The van der Waals surface area contributed by atoms with Gasteiger partial charge in [-0.05, 0) is 44.2 Å². The van der Waals surface area contributed by atoms with Crippen molar-refractivity contribution in [1.29, 1.82) is 0 Å². The number of carbonyl (C=O) groups is 1. The second kappa shape index (κ2) is 6.13. The fourth-order valence-electron chi connectivity index (χ4n) is 2.21. The molecule has 2 aromatic rings. The number of nitrogens with two attached hydrogens (primary N) is 1. The van der Waals surface area contributed by atoms with Gasteiger partial charge in [-0.3, -0.25) is 0 Å². The van der Waals surface area contributed by atoms with E-state index in [0.29, 0.717) is 0 Å². The van der Waals surface area contributed by atoms with Crippen molar-refractivity contribution in [2.75, 3.05) is 7.11 Å². The predicted octanol–water partition coefficient (Wildman–Crippen LogP) is 2.10. The number of nitrogens with one attached hydrogen (secondary N) is 1. The molecule has 1 heterocycles. The maximum absolute atomic E-state index is 10.6. The molecule has 6 nitrogen and oxygen atoms in total. The van der Waals surface area contributed by atoms with Crippen LogP contribution in [0.3, 0.4) is 0 Å². The van der Waals surface area contributed by atoms with Gasteiger partial charge < -0.3 is 15.0 Å². The summed E-state index contributed by atoms with van der Waals surface area (Å²) >= 11 is 0. The minimum Gasteiger partial charge on any atom is -0.497 e. The van der Waals surface area contributed by atoms with E-state index < -0.39 is 6.03 Å². The van der Waals surface area contributed by atoms with Crippen molar-refractivity contribution >= 4 is 12.2 Å². The summed E-state index contributed by atoms with van der Waals surface area (Å²) in [5.74, 6) is 0.814. The third-order valence-corrected chi connectivity index (χ3v) is 3.18. The van der Waals surface area contributed by atoms with Crippen molar-refractivity contribution in [1.82, 2.24) is 9.99 Å². The molecule has 0 fully saturated rings. The number of hydrogen-bond donors (Lipinski definition) is 2. The Hall–Kier alpha value is -2.76. The van der Waals surface area contributed by atoms with Crippen molar-refractivity contribution in [2.45, 2.75) is 13.8 Å². The van der Waals surface area contributed by atoms with Crippen LogP contribution in [0.1, 0.15) is 17.0 Å². The molecule has 1 aromatic carbocycles. The van der Waals surface area contributed by atoms with E-state index >= 15 is 0 Å². The van der Waals surface area contributed by atoms with Gasteiger partial charge in [0.25, 0.3) is 0 Å². The van der Waals surface area contributed by atoms with Gasteiger partial charge in [0, 0.05) is 22.6 Å². The van der Waals surface area contributed by atoms with Crippen molar-refractivity contribution in [2.24, 2.45) is 10.8 Å². The van der Waals surface area contributed by atoms with Gasteiger partial charge in [-0.1, -0.05) is 0 Å². The standard InChI is InChI=1S/C15H18N4O2/c1-10-8-12(9-17-18-15(16)20)11(2)19(10)13-4-6-14(21-3)7-5-13/h4-9H,1-3H3,(H3,16,18,20)/b17-9-. The number of methoxy groups -OCH3 is 1. The number of primary amides is 1. The number of hydrogen-bond acceptors (Lipinski definition) is 3. The van der Waals surface area contributed by atoms with Crippen LogP contribution in [0.4, 0.5) is 4.79 Å². The molecule has 0 bridgehead atoms. The lowest BCUT2D eigenvalue weighted by atomic mass is 10.2. The van der Waals surface area contributed by atoms with Crippen LogP contribution in [0.15, 0.2) is 35.4 Å². The Morgan fingerprint density at radius 2 is 2.00 bits per heavy atom. The molecule has 0 aliphatic heterocycles. The van der Waals surface area contributed by atoms with Crippen LogP contribution >= 0.6 is 0 Å². The first-order chi connectivity index (χ1) is 10.0. The van der Waals surface area contributed by atoms with Crippen molar-refractivity contribution in [3.63, 3.8) is 0 Å². The number of benzene rings is 1. The Bertz CT molecular complexity index is 672. The normalized spacial score (nSPS) is 10.8. The second-order valence-electron chi connectivity index (χ2n) is 4.59. The van der Waals surface area contributed by atoms with Gasteiger partial charge in [0.2, 0.25) is 0 Å². The van der Waals surface area contributed by atoms with Crippen molar-refractivity contribution < 1.29 is 9.53 Å². The fourth-order valence-corrected chi connectivity index (χ4v) is 2.21. The molecule has 6 heteroatoms. The third-order valence-electron chi connectivity index (χ3n) is 3.18. The molecule has 2 amide bonds. The summed E-state index contributed by atoms with van der Waals surface area (Å²) in [4.78, 5) is 10.6. The monoisotopic (exact) mass is 286 g/mol. The summed E-state index contributed by atoms with van der Waals surface area (Å²) in [7, 11) is 1.64. The van der Waals surface area contributed by atoms with Crippen LogP contribution in [0.25, 0.3) is 5.69 Å². The summed E-state index contributed by atoms with van der Waals surface area (Å²) in [6, 6.07) is 9.11. The summed E-state index contributed by atoms with van der Waals surface area (Å²) < 4.78 is 7.27. The van der Waals surface area contributed by atoms with E-state index in [0.717, 1.165) is 28.4 Å². The highest BCUT2D eigenvalue weighted by atomic mass is 16.5. The first kappa shape index (κ1) is 14.6. The Morgan fingerprint density at radius 3 is 2.57 bits per heavy atom. The Kier molecular flexibility index (Phi) is 4.27. The molecule has 0 unspecified atom stereocenters. The maximum Gasteiger partial charge on any atom is 0.332 e. The van der Waals surface area contributed by atoms with E-state index in [4.69, 9.17) is 10.5 Å². The minimum atomic E-state index is -0.685. The summed E-state index contributed by atoms with van der Waals surface area (Å²) in [5, 5.41) is 3.79. The van der Waals surface area contributed by atoms with Gasteiger partial charge in [0.15, 0.2) is 0 Å². The summed E-state index contributed by atoms with van der Waals surface area (Å²) in [6.45, 7) is 4.00. The Morgan fingerprint density at radius 1 is 1.33 bits per heavy atom. The molecule has 0 saturated heterocycles. The van der Waals surface area contributed by atoms with E-state index in [1.165, 1.54) is 0 Å². The van der Waals surface area contributed by atoms with Crippen molar-refractivity contribution in [3.05, 3.63) is 47.3 Å². The lowest BCUT2D eigenvalue weighted by Gasteiger charge is -2.10.